The Morgan fingerprint density at radius 2 is 1.96 bits per heavy atom. The van der Waals surface area contributed by atoms with Gasteiger partial charge in [-0.2, -0.15) is 4.98 Å². The third-order valence-electron chi connectivity index (χ3n) is 4.57. The molecule has 0 radical (unpaired) electrons. The first-order chi connectivity index (χ1) is 12.6. The maximum absolute atomic E-state index is 6.36. The highest BCUT2D eigenvalue weighted by Gasteiger charge is 2.20. The first-order valence-electron chi connectivity index (χ1n) is 8.67. The molecule has 1 saturated heterocycles. The number of aryl methyl sites for hydroxylation is 1. The van der Waals surface area contributed by atoms with Gasteiger partial charge in [0.15, 0.2) is 5.82 Å². The van der Waals surface area contributed by atoms with Crippen molar-refractivity contribution in [2.24, 2.45) is 0 Å². The quantitative estimate of drug-likeness (QED) is 0.618. The molecule has 4 rings (SSSR count). The van der Waals surface area contributed by atoms with Crippen molar-refractivity contribution in [1.29, 1.82) is 0 Å². The molecule has 0 unspecified atom stereocenters. The number of piperazine rings is 1. The topological polar surface area (TPSA) is 58.3 Å². The van der Waals surface area contributed by atoms with Crippen molar-refractivity contribution in [2.75, 3.05) is 31.1 Å². The van der Waals surface area contributed by atoms with Gasteiger partial charge in [0.25, 0.3) is 0 Å². The average molecular weight is 437 g/mol. The van der Waals surface area contributed by atoms with E-state index in [1.54, 1.807) is 0 Å². The lowest BCUT2D eigenvalue weighted by atomic mass is 10.2. The molecule has 26 heavy (non-hydrogen) atoms. The van der Waals surface area contributed by atoms with E-state index in [0.29, 0.717) is 10.9 Å². The Morgan fingerprint density at radius 1 is 1.15 bits per heavy atom. The smallest absolute Gasteiger partial charge is 0.226 e. The Hall–Kier alpha value is -1.70. The number of nitrogens with zero attached hydrogens (tertiary/aromatic N) is 5. The van der Waals surface area contributed by atoms with Crippen LogP contribution in [0.2, 0.25) is 5.02 Å². The fourth-order valence-corrected chi connectivity index (χ4v) is 4.03. The Labute approximate surface area is 165 Å². The molecule has 0 aliphatic carbocycles. The highest BCUT2D eigenvalue weighted by Crippen LogP contribution is 2.29. The maximum Gasteiger partial charge on any atom is 0.226 e. The molecule has 0 amide bonds. The van der Waals surface area contributed by atoms with E-state index in [0.717, 1.165) is 66.2 Å². The normalized spacial score (nSPS) is 15.7. The number of hydrogen-bond donors (Lipinski definition) is 0. The lowest BCUT2D eigenvalue weighted by Gasteiger charge is -2.34. The van der Waals surface area contributed by atoms with Gasteiger partial charge in [0.2, 0.25) is 5.89 Å². The van der Waals surface area contributed by atoms with Crippen LogP contribution in [0.5, 0.6) is 0 Å². The summed E-state index contributed by atoms with van der Waals surface area (Å²) in [6, 6.07) is 8.05. The van der Waals surface area contributed by atoms with E-state index in [9.17, 15) is 0 Å². The van der Waals surface area contributed by atoms with Crippen molar-refractivity contribution in [3.8, 4) is 0 Å². The molecule has 1 aliphatic rings. The van der Waals surface area contributed by atoms with Crippen LogP contribution in [0.1, 0.15) is 18.6 Å². The first kappa shape index (κ1) is 17.7. The molecule has 3 heterocycles. The van der Waals surface area contributed by atoms with E-state index >= 15 is 0 Å². The number of anilines is 1. The van der Waals surface area contributed by atoms with Gasteiger partial charge in [-0.1, -0.05) is 39.6 Å². The zero-order valence-electron chi connectivity index (χ0n) is 14.5. The summed E-state index contributed by atoms with van der Waals surface area (Å²) >= 11 is 9.83. The van der Waals surface area contributed by atoms with Gasteiger partial charge in [-0.05, 0) is 24.3 Å². The van der Waals surface area contributed by atoms with E-state index in [1.807, 2.05) is 19.1 Å². The van der Waals surface area contributed by atoms with Crippen LogP contribution in [-0.2, 0) is 13.0 Å². The van der Waals surface area contributed by atoms with Crippen molar-refractivity contribution < 1.29 is 4.52 Å². The standard InChI is InChI=1S/C18H19BrClN5O/c1-2-17-21-15(23-26-17)11-24-5-7-25(8-6-24)16-4-3-12-9-13(19)10-14(20)18(12)22-16/h3-4,9-10H,2,5-8,11H2,1H3. The lowest BCUT2D eigenvalue weighted by molar-refractivity contribution is 0.239. The predicted molar refractivity (Wildman–Crippen MR) is 106 cm³/mol. The lowest BCUT2D eigenvalue weighted by Crippen LogP contribution is -2.46. The summed E-state index contributed by atoms with van der Waals surface area (Å²) in [6.07, 6.45) is 0.771. The summed E-state index contributed by atoms with van der Waals surface area (Å²) in [5, 5.41) is 5.74. The number of rotatable bonds is 4. The highest BCUT2D eigenvalue weighted by molar-refractivity contribution is 9.10. The van der Waals surface area contributed by atoms with Gasteiger partial charge in [-0.25, -0.2) is 4.98 Å². The van der Waals surface area contributed by atoms with Gasteiger partial charge in [0.05, 0.1) is 17.1 Å². The van der Waals surface area contributed by atoms with Gasteiger partial charge >= 0.3 is 0 Å². The number of hydrogen-bond acceptors (Lipinski definition) is 6. The maximum atomic E-state index is 6.36. The van der Waals surface area contributed by atoms with E-state index in [4.69, 9.17) is 21.1 Å². The molecule has 136 valence electrons. The van der Waals surface area contributed by atoms with Gasteiger partial charge in [-0.15, -0.1) is 0 Å². The summed E-state index contributed by atoms with van der Waals surface area (Å²) in [7, 11) is 0. The van der Waals surface area contributed by atoms with Crippen molar-refractivity contribution in [2.45, 2.75) is 19.9 Å². The van der Waals surface area contributed by atoms with Crippen LogP contribution >= 0.6 is 27.5 Å². The van der Waals surface area contributed by atoms with Gasteiger partial charge in [-0.3, -0.25) is 4.90 Å². The predicted octanol–water partition coefficient (Wildman–Crippen LogP) is 3.92. The molecule has 0 spiro atoms. The molecular weight excluding hydrogens is 418 g/mol. The van der Waals surface area contributed by atoms with E-state index in [-0.39, 0.29) is 0 Å². The molecule has 2 aromatic heterocycles. The van der Waals surface area contributed by atoms with Crippen LogP contribution in [-0.4, -0.2) is 46.2 Å². The molecule has 0 N–H and O–H groups in total. The first-order valence-corrected chi connectivity index (χ1v) is 9.84. The molecule has 3 aromatic rings. The van der Waals surface area contributed by atoms with Gasteiger partial charge in [0.1, 0.15) is 5.82 Å². The second-order valence-corrected chi connectivity index (χ2v) is 7.67. The van der Waals surface area contributed by atoms with Crippen LogP contribution in [0.4, 0.5) is 5.82 Å². The second-order valence-electron chi connectivity index (χ2n) is 6.35. The molecular formula is C18H19BrClN5O. The summed E-state index contributed by atoms with van der Waals surface area (Å²) in [4.78, 5) is 13.8. The SMILES string of the molecule is CCc1nc(CN2CCN(c3ccc4cc(Br)cc(Cl)c4n3)CC2)no1. The minimum absolute atomic E-state index is 0.665. The number of benzene rings is 1. The number of fused-ring (bicyclic) bond motifs is 1. The molecule has 1 aromatic carbocycles. The third-order valence-corrected chi connectivity index (χ3v) is 5.32. The van der Waals surface area contributed by atoms with Crippen LogP contribution in [0, 0.1) is 0 Å². The summed E-state index contributed by atoms with van der Waals surface area (Å²) in [5.41, 5.74) is 0.841. The van der Waals surface area contributed by atoms with Crippen molar-refractivity contribution in [3.05, 3.63) is 45.5 Å². The number of halogens is 2. The molecule has 0 saturated carbocycles. The van der Waals surface area contributed by atoms with E-state index in [2.05, 4.69) is 48.0 Å². The molecule has 0 bridgehead atoms. The fraction of sp³-hybridized carbons (Fsp3) is 0.389. The van der Waals surface area contributed by atoms with Crippen LogP contribution in [0.15, 0.2) is 33.3 Å². The molecule has 8 heteroatoms. The van der Waals surface area contributed by atoms with Crippen LogP contribution in [0.25, 0.3) is 10.9 Å². The van der Waals surface area contributed by atoms with Gasteiger partial charge in [0, 0.05) is 42.5 Å². The Kier molecular flexibility index (Phi) is 5.11. The molecule has 1 fully saturated rings. The monoisotopic (exact) mass is 435 g/mol. The largest absolute Gasteiger partial charge is 0.354 e. The zero-order valence-corrected chi connectivity index (χ0v) is 16.8. The minimum Gasteiger partial charge on any atom is -0.354 e. The van der Waals surface area contributed by atoms with Crippen molar-refractivity contribution in [3.63, 3.8) is 0 Å². The van der Waals surface area contributed by atoms with Crippen molar-refractivity contribution in [1.82, 2.24) is 20.0 Å². The van der Waals surface area contributed by atoms with Crippen LogP contribution < -0.4 is 4.90 Å². The average Bonchev–Trinajstić information content (AvgIpc) is 3.10. The second kappa shape index (κ2) is 7.50. The Morgan fingerprint density at radius 3 is 2.69 bits per heavy atom. The fourth-order valence-electron chi connectivity index (χ4n) is 3.16. The Balaban J connectivity index is 1.43. The molecule has 6 nitrogen and oxygen atoms in total. The number of pyridine rings is 1. The minimum atomic E-state index is 0.665. The van der Waals surface area contributed by atoms with E-state index < -0.39 is 0 Å². The molecule has 1 aliphatic heterocycles. The van der Waals surface area contributed by atoms with Crippen LogP contribution in [0.3, 0.4) is 0 Å². The summed E-state index contributed by atoms with van der Waals surface area (Å²) in [6.45, 7) is 6.42. The van der Waals surface area contributed by atoms with E-state index in [1.165, 1.54) is 0 Å². The highest BCUT2D eigenvalue weighted by atomic mass is 79.9. The summed E-state index contributed by atoms with van der Waals surface area (Å²) in [5.74, 6) is 2.42. The Bertz CT molecular complexity index is 923. The van der Waals surface area contributed by atoms with Crippen molar-refractivity contribution >= 4 is 44.3 Å². The third kappa shape index (κ3) is 3.70. The van der Waals surface area contributed by atoms with Gasteiger partial charge < -0.3 is 9.42 Å². The number of aromatic nitrogens is 3. The molecule has 0 atom stereocenters. The zero-order chi connectivity index (χ0) is 18.1. The summed E-state index contributed by atoms with van der Waals surface area (Å²) < 4.78 is 6.15.